The van der Waals surface area contributed by atoms with Gasteiger partial charge in [0.1, 0.15) is 12.1 Å². The van der Waals surface area contributed by atoms with E-state index in [4.69, 9.17) is 40.6 Å². The Morgan fingerprint density at radius 1 is 0.744 bits per heavy atom. The Morgan fingerprint density at radius 2 is 1.18 bits per heavy atom. The number of carbonyl (C=O) groups excluding carboxylic acids is 1. The first-order chi connectivity index (χ1) is 18.7. The number of ether oxygens (including phenoxy) is 4. The van der Waals surface area contributed by atoms with Crippen LogP contribution in [0, 0.1) is 0 Å². The predicted molar refractivity (Wildman–Crippen MR) is 140 cm³/mol. The van der Waals surface area contributed by atoms with Crippen LogP contribution in [0.1, 0.15) is 27.9 Å². The van der Waals surface area contributed by atoms with Gasteiger partial charge >= 0.3 is 11.9 Å². The van der Waals surface area contributed by atoms with Gasteiger partial charge < -0.3 is 45.9 Å². The van der Waals surface area contributed by atoms with Gasteiger partial charge in [-0.25, -0.2) is 0 Å². The zero-order valence-corrected chi connectivity index (χ0v) is 21.5. The topological polar surface area (TPSA) is 193 Å². The summed E-state index contributed by atoms with van der Waals surface area (Å²) < 4.78 is 21.1. The number of ketones is 1. The summed E-state index contributed by atoms with van der Waals surface area (Å²) in [7, 11) is 0. The highest BCUT2D eigenvalue weighted by atomic mass is 16.7. The normalized spacial score (nSPS) is 17.2. The lowest BCUT2D eigenvalue weighted by atomic mass is 10.0. The number of nitrogens with two attached hydrogens (primary N) is 2. The lowest BCUT2D eigenvalue weighted by Crippen LogP contribution is -2.32. The molecule has 2 aromatic carbocycles. The van der Waals surface area contributed by atoms with Crippen LogP contribution in [0.5, 0.6) is 0 Å². The number of anilines is 1. The van der Waals surface area contributed by atoms with Gasteiger partial charge in [0.25, 0.3) is 0 Å². The van der Waals surface area contributed by atoms with Crippen molar-refractivity contribution in [3.63, 3.8) is 0 Å². The molecule has 4 rings (SSSR count). The van der Waals surface area contributed by atoms with Gasteiger partial charge in [-0.2, -0.15) is 0 Å². The van der Waals surface area contributed by atoms with E-state index < -0.39 is 30.3 Å². The smallest absolute Gasteiger partial charge is 0.320 e. The molecule has 12 heteroatoms. The van der Waals surface area contributed by atoms with E-state index in [9.17, 15) is 14.4 Å². The summed E-state index contributed by atoms with van der Waals surface area (Å²) in [6.45, 7) is 2.90. The summed E-state index contributed by atoms with van der Waals surface area (Å²) >= 11 is 0. The number of hydrogen-bond acceptors (Lipinski definition) is 10. The number of rotatable bonds is 12. The van der Waals surface area contributed by atoms with E-state index in [0.29, 0.717) is 45.0 Å². The molecule has 2 fully saturated rings. The Balaban J connectivity index is 0.000000216. The molecule has 0 spiro atoms. The van der Waals surface area contributed by atoms with E-state index in [1.807, 2.05) is 24.3 Å². The first-order valence-electron chi connectivity index (χ1n) is 12.6. The van der Waals surface area contributed by atoms with Gasteiger partial charge in [-0.05, 0) is 36.1 Å². The fourth-order valence-corrected chi connectivity index (χ4v) is 3.79. The number of carbonyl (C=O) groups is 3. The van der Waals surface area contributed by atoms with Gasteiger partial charge in [-0.15, -0.1) is 0 Å². The average Bonchev–Trinajstić information content (AvgIpc) is 3.63. The lowest BCUT2D eigenvalue weighted by Gasteiger charge is -2.12. The first kappa shape index (κ1) is 30.2. The van der Waals surface area contributed by atoms with Crippen molar-refractivity contribution in [2.24, 2.45) is 11.5 Å². The highest BCUT2D eigenvalue weighted by Crippen LogP contribution is 2.15. The molecule has 7 N–H and O–H groups in total. The SMILES string of the molecule is NC(Cc1ccc(C(=O)CC2OCCO2)cc1)C(=O)O.NC(Cc1ccc(NCC2OCCO2)cc1)C(=O)O. The maximum Gasteiger partial charge on any atom is 0.320 e. The molecule has 212 valence electrons. The molecule has 2 aliphatic rings. The van der Waals surface area contributed by atoms with Gasteiger partial charge in [0.15, 0.2) is 18.4 Å². The van der Waals surface area contributed by atoms with Crippen molar-refractivity contribution in [3.8, 4) is 0 Å². The van der Waals surface area contributed by atoms with Gasteiger partial charge in [-0.1, -0.05) is 36.4 Å². The third-order valence-corrected chi connectivity index (χ3v) is 5.98. The molecule has 2 aromatic rings. The number of hydrogen-bond donors (Lipinski definition) is 5. The van der Waals surface area contributed by atoms with Crippen LogP contribution in [0.15, 0.2) is 48.5 Å². The zero-order valence-electron chi connectivity index (χ0n) is 21.5. The standard InChI is InChI=1S/C14H17NO5.C13H18N2O4/c15-11(14(17)18)7-9-1-3-10(4-2-9)12(16)8-13-19-5-6-20-13;14-11(13(16)17)7-9-1-3-10(4-2-9)15-8-12-18-5-6-19-12/h1-4,11,13H,5-8,15H2,(H,17,18);1-4,11-12,15H,5-8,14H2,(H,16,17). The second-order valence-electron chi connectivity index (χ2n) is 9.04. The Hall–Kier alpha value is -3.39. The molecule has 2 unspecified atom stereocenters. The summed E-state index contributed by atoms with van der Waals surface area (Å²) in [5, 5.41) is 20.7. The van der Waals surface area contributed by atoms with Gasteiger partial charge in [0, 0.05) is 11.3 Å². The van der Waals surface area contributed by atoms with Crippen molar-refractivity contribution in [1.82, 2.24) is 0 Å². The lowest BCUT2D eigenvalue weighted by molar-refractivity contribution is -0.139. The quantitative estimate of drug-likeness (QED) is 0.238. The van der Waals surface area contributed by atoms with Crippen molar-refractivity contribution < 1.29 is 43.5 Å². The van der Waals surface area contributed by atoms with Gasteiger partial charge in [0.05, 0.1) is 39.4 Å². The van der Waals surface area contributed by atoms with Crippen LogP contribution in [0.25, 0.3) is 0 Å². The molecule has 2 heterocycles. The second kappa shape index (κ2) is 15.3. The average molecular weight is 546 g/mol. The van der Waals surface area contributed by atoms with Gasteiger partial charge in [-0.3, -0.25) is 14.4 Å². The van der Waals surface area contributed by atoms with Crippen molar-refractivity contribution in [1.29, 1.82) is 0 Å². The van der Waals surface area contributed by atoms with Crippen LogP contribution < -0.4 is 16.8 Å². The number of nitrogens with one attached hydrogen (secondary N) is 1. The van der Waals surface area contributed by atoms with Crippen molar-refractivity contribution >= 4 is 23.4 Å². The minimum absolute atomic E-state index is 0.0639. The fraction of sp³-hybridized carbons (Fsp3) is 0.444. The molecule has 39 heavy (non-hydrogen) atoms. The number of benzene rings is 2. The van der Waals surface area contributed by atoms with Crippen molar-refractivity contribution in [2.75, 3.05) is 38.3 Å². The zero-order chi connectivity index (χ0) is 28.2. The van der Waals surface area contributed by atoms with Crippen molar-refractivity contribution in [3.05, 3.63) is 65.2 Å². The summed E-state index contributed by atoms with van der Waals surface area (Å²) in [5.41, 5.74) is 14.1. The highest BCUT2D eigenvalue weighted by molar-refractivity contribution is 5.96. The third-order valence-electron chi connectivity index (χ3n) is 5.98. The first-order valence-corrected chi connectivity index (χ1v) is 12.6. The molecule has 0 amide bonds. The maximum absolute atomic E-state index is 12.0. The Bertz CT molecular complexity index is 1070. The molecule has 0 saturated carbocycles. The van der Waals surface area contributed by atoms with E-state index in [1.54, 1.807) is 24.3 Å². The fourth-order valence-electron chi connectivity index (χ4n) is 3.79. The molecule has 0 aromatic heterocycles. The molecule has 2 atom stereocenters. The molecule has 0 aliphatic carbocycles. The second-order valence-corrected chi connectivity index (χ2v) is 9.04. The highest BCUT2D eigenvalue weighted by Gasteiger charge is 2.21. The van der Waals surface area contributed by atoms with E-state index >= 15 is 0 Å². The molecule has 0 bridgehead atoms. The Labute approximate surface area is 226 Å². The minimum atomic E-state index is -1.04. The van der Waals surface area contributed by atoms with E-state index in [1.165, 1.54) is 0 Å². The summed E-state index contributed by atoms with van der Waals surface area (Å²) in [5.74, 6) is -2.09. The predicted octanol–water partition coefficient (Wildman–Crippen LogP) is 1.01. The number of Topliss-reactive ketones (excluding diaryl/α,β-unsaturated/α-hetero) is 1. The number of aliphatic carboxylic acids is 2. The minimum Gasteiger partial charge on any atom is -0.480 e. The Kier molecular flexibility index (Phi) is 11.8. The molecule has 12 nitrogen and oxygen atoms in total. The van der Waals surface area contributed by atoms with Crippen LogP contribution in [-0.2, 0) is 41.4 Å². The summed E-state index contributed by atoms with van der Waals surface area (Å²) in [6, 6.07) is 12.5. The Morgan fingerprint density at radius 3 is 1.64 bits per heavy atom. The summed E-state index contributed by atoms with van der Waals surface area (Å²) in [6.07, 6.45) is 0.0969. The van der Waals surface area contributed by atoms with Crippen molar-refractivity contribution in [2.45, 2.75) is 43.9 Å². The molecular formula is C27H35N3O9. The molecular weight excluding hydrogens is 510 g/mol. The van der Waals surface area contributed by atoms with Crippen LogP contribution in [0.2, 0.25) is 0 Å². The van der Waals surface area contributed by atoms with E-state index in [0.717, 1.165) is 16.8 Å². The molecule has 2 aliphatic heterocycles. The summed E-state index contributed by atoms with van der Waals surface area (Å²) in [4.78, 5) is 33.3. The molecule has 2 saturated heterocycles. The van der Waals surface area contributed by atoms with E-state index in [-0.39, 0.29) is 24.9 Å². The van der Waals surface area contributed by atoms with Crippen LogP contribution in [0.4, 0.5) is 5.69 Å². The van der Waals surface area contributed by atoms with E-state index in [2.05, 4.69) is 5.32 Å². The van der Waals surface area contributed by atoms with Crippen LogP contribution in [0.3, 0.4) is 0 Å². The maximum atomic E-state index is 12.0. The molecule has 0 radical (unpaired) electrons. The largest absolute Gasteiger partial charge is 0.480 e. The monoisotopic (exact) mass is 545 g/mol. The number of carboxylic acid groups (broad SMARTS) is 2. The third kappa shape index (κ3) is 10.4. The van der Waals surface area contributed by atoms with Gasteiger partial charge in [0.2, 0.25) is 0 Å². The number of carboxylic acids is 2. The van der Waals surface area contributed by atoms with Crippen LogP contribution >= 0.6 is 0 Å². The van der Waals surface area contributed by atoms with Crippen LogP contribution in [-0.4, -0.2) is 85.6 Å².